The third-order valence-corrected chi connectivity index (χ3v) is 4.99. The van der Waals surface area contributed by atoms with Crippen LogP contribution in [0, 0.1) is 0 Å². The molecule has 0 unspecified atom stereocenters. The Bertz CT molecular complexity index is 879. The van der Waals surface area contributed by atoms with Crippen molar-refractivity contribution in [1.29, 1.82) is 0 Å². The third kappa shape index (κ3) is 2.47. The third-order valence-electron chi connectivity index (χ3n) is 4.99. The number of ether oxygens (including phenoxy) is 2. The van der Waals surface area contributed by atoms with Crippen LogP contribution in [0.4, 0.5) is 5.82 Å². The predicted molar refractivity (Wildman–Crippen MR) is 92.7 cm³/mol. The smallest absolute Gasteiger partial charge is 0.171 e. The van der Waals surface area contributed by atoms with E-state index < -0.39 is 0 Å². The lowest BCUT2D eigenvalue weighted by molar-refractivity contribution is -0.169. The fourth-order valence-electron chi connectivity index (χ4n) is 3.68. The van der Waals surface area contributed by atoms with E-state index in [1.807, 2.05) is 41.2 Å². The summed E-state index contributed by atoms with van der Waals surface area (Å²) in [5, 5.41) is 0. The van der Waals surface area contributed by atoms with Crippen LogP contribution in [0.3, 0.4) is 0 Å². The van der Waals surface area contributed by atoms with E-state index >= 15 is 0 Å². The molecule has 1 spiro atoms. The summed E-state index contributed by atoms with van der Waals surface area (Å²) in [7, 11) is 0. The molecule has 2 aliphatic heterocycles. The molecule has 3 aromatic rings. The molecule has 0 amide bonds. The van der Waals surface area contributed by atoms with Gasteiger partial charge in [0, 0.05) is 31.6 Å². The van der Waals surface area contributed by atoms with Crippen LogP contribution in [0.15, 0.2) is 43.0 Å². The van der Waals surface area contributed by atoms with Gasteiger partial charge < -0.3 is 14.4 Å². The monoisotopic (exact) mass is 337 g/mol. The fraction of sp³-hybridized carbons (Fsp3) is 0.389. The van der Waals surface area contributed by atoms with Crippen molar-refractivity contribution >= 4 is 17.0 Å². The van der Waals surface area contributed by atoms with Crippen LogP contribution < -0.4 is 4.90 Å². The summed E-state index contributed by atoms with van der Waals surface area (Å²) in [5.74, 6) is 0.499. The predicted octanol–water partition coefficient (Wildman–Crippen LogP) is 2.16. The van der Waals surface area contributed by atoms with E-state index in [0.29, 0.717) is 13.2 Å². The lowest BCUT2D eigenvalue weighted by Gasteiger charge is -2.38. The van der Waals surface area contributed by atoms with Gasteiger partial charge in [-0.15, -0.1) is 0 Å². The van der Waals surface area contributed by atoms with Crippen molar-refractivity contribution in [2.24, 2.45) is 0 Å². The molecule has 1 aromatic carbocycles. The molecule has 2 aromatic heterocycles. The zero-order chi connectivity index (χ0) is 16.7. The van der Waals surface area contributed by atoms with Gasteiger partial charge in [0.25, 0.3) is 0 Å². The number of imidazole rings is 1. The summed E-state index contributed by atoms with van der Waals surface area (Å²) in [6.07, 6.45) is 5.12. The van der Waals surface area contributed by atoms with Crippen LogP contribution >= 0.6 is 0 Å². The number of nitrogens with zero attached hydrogens (tertiary/aromatic N) is 5. The van der Waals surface area contributed by atoms with E-state index in [1.165, 1.54) is 0 Å². The Morgan fingerprint density at radius 3 is 2.44 bits per heavy atom. The first-order valence-corrected chi connectivity index (χ1v) is 8.61. The number of anilines is 1. The summed E-state index contributed by atoms with van der Waals surface area (Å²) < 4.78 is 13.6. The van der Waals surface area contributed by atoms with Crippen molar-refractivity contribution in [3.63, 3.8) is 0 Å². The number of hydrogen-bond donors (Lipinski definition) is 0. The summed E-state index contributed by atoms with van der Waals surface area (Å²) in [5.41, 5.74) is 2.69. The molecule has 2 aliphatic rings. The Labute approximate surface area is 145 Å². The summed E-state index contributed by atoms with van der Waals surface area (Å²) in [6.45, 7) is 3.06. The number of benzene rings is 1. The minimum atomic E-state index is -0.383. The van der Waals surface area contributed by atoms with E-state index in [-0.39, 0.29) is 5.79 Å². The van der Waals surface area contributed by atoms with Gasteiger partial charge in [-0.2, -0.15) is 0 Å². The lowest BCUT2D eigenvalue weighted by atomic mass is 10.0. The number of para-hydroxylation sites is 1. The van der Waals surface area contributed by atoms with E-state index in [1.54, 1.807) is 6.33 Å². The van der Waals surface area contributed by atoms with Crippen LogP contribution in [0.5, 0.6) is 0 Å². The van der Waals surface area contributed by atoms with Crippen LogP contribution in [-0.4, -0.2) is 51.6 Å². The Balaban J connectivity index is 1.48. The van der Waals surface area contributed by atoms with E-state index in [2.05, 4.69) is 19.9 Å². The Morgan fingerprint density at radius 2 is 1.68 bits per heavy atom. The second-order valence-corrected chi connectivity index (χ2v) is 6.41. The minimum Gasteiger partial charge on any atom is -0.354 e. The highest BCUT2D eigenvalue weighted by Crippen LogP contribution is 2.34. The molecular formula is C18H19N5O2. The highest BCUT2D eigenvalue weighted by molar-refractivity contribution is 5.84. The Kier molecular flexibility index (Phi) is 3.43. The summed E-state index contributed by atoms with van der Waals surface area (Å²) in [6, 6.07) is 10.1. The first kappa shape index (κ1) is 14.8. The van der Waals surface area contributed by atoms with Gasteiger partial charge in [-0.05, 0) is 12.1 Å². The number of aromatic nitrogens is 4. The van der Waals surface area contributed by atoms with Crippen molar-refractivity contribution in [2.45, 2.75) is 18.6 Å². The van der Waals surface area contributed by atoms with Gasteiger partial charge in [0.1, 0.15) is 12.7 Å². The molecule has 128 valence electrons. The second kappa shape index (κ2) is 5.79. The van der Waals surface area contributed by atoms with Gasteiger partial charge in [0.2, 0.25) is 0 Å². The number of hydrogen-bond acceptors (Lipinski definition) is 6. The van der Waals surface area contributed by atoms with Crippen molar-refractivity contribution in [2.75, 3.05) is 31.2 Å². The Morgan fingerprint density at radius 1 is 0.920 bits per heavy atom. The maximum atomic E-state index is 5.81. The minimum absolute atomic E-state index is 0.383. The largest absolute Gasteiger partial charge is 0.354 e. The molecule has 0 radical (unpaired) electrons. The summed E-state index contributed by atoms with van der Waals surface area (Å²) in [4.78, 5) is 15.8. The van der Waals surface area contributed by atoms with E-state index in [0.717, 1.165) is 48.6 Å². The van der Waals surface area contributed by atoms with Crippen molar-refractivity contribution in [3.8, 4) is 5.69 Å². The van der Waals surface area contributed by atoms with Crippen LogP contribution in [0.25, 0.3) is 16.9 Å². The lowest BCUT2D eigenvalue weighted by Crippen LogP contribution is -2.45. The fourth-order valence-corrected chi connectivity index (χ4v) is 3.68. The topological polar surface area (TPSA) is 65.3 Å². The average Bonchev–Trinajstić information content (AvgIpc) is 3.30. The first-order valence-electron chi connectivity index (χ1n) is 8.61. The maximum Gasteiger partial charge on any atom is 0.171 e. The SMILES string of the molecule is c1ccc(-n2cnc3c(N4CCC5(CC4)OCCO5)ncnc32)cc1. The van der Waals surface area contributed by atoms with E-state index in [4.69, 9.17) is 9.47 Å². The van der Waals surface area contributed by atoms with Gasteiger partial charge in [-0.25, -0.2) is 15.0 Å². The van der Waals surface area contributed by atoms with Crippen molar-refractivity contribution in [3.05, 3.63) is 43.0 Å². The molecule has 0 N–H and O–H groups in total. The molecule has 4 heterocycles. The maximum absolute atomic E-state index is 5.81. The molecule has 0 aliphatic carbocycles. The molecule has 7 heteroatoms. The quantitative estimate of drug-likeness (QED) is 0.714. The van der Waals surface area contributed by atoms with Crippen LogP contribution in [0.2, 0.25) is 0 Å². The molecule has 25 heavy (non-hydrogen) atoms. The molecule has 0 saturated carbocycles. The van der Waals surface area contributed by atoms with Gasteiger partial charge in [-0.3, -0.25) is 4.57 Å². The van der Waals surface area contributed by atoms with Gasteiger partial charge in [0.15, 0.2) is 22.8 Å². The zero-order valence-corrected chi connectivity index (χ0v) is 13.8. The highest BCUT2D eigenvalue weighted by atomic mass is 16.7. The Hall–Kier alpha value is -2.51. The molecule has 2 saturated heterocycles. The molecule has 0 bridgehead atoms. The second-order valence-electron chi connectivity index (χ2n) is 6.41. The van der Waals surface area contributed by atoms with E-state index in [9.17, 15) is 0 Å². The number of piperidine rings is 1. The van der Waals surface area contributed by atoms with Gasteiger partial charge in [0.05, 0.1) is 13.2 Å². The van der Waals surface area contributed by atoms with Gasteiger partial charge >= 0.3 is 0 Å². The van der Waals surface area contributed by atoms with Crippen molar-refractivity contribution in [1.82, 2.24) is 19.5 Å². The average molecular weight is 337 g/mol. The molecule has 0 atom stereocenters. The summed E-state index contributed by atoms with van der Waals surface area (Å²) >= 11 is 0. The van der Waals surface area contributed by atoms with Crippen molar-refractivity contribution < 1.29 is 9.47 Å². The van der Waals surface area contributed by atoms with Gasteiger partial charge in [-0.1, -0.05) is 18.2 Å². The molecule has 5 rings (SSSR count). The molecular weight excluding hydrogens is 318 g/mol. The van der Waals surface area contributed by atoms with Crippen LogP contribution in [0.1, 0.15) is 12.8 Å². The standard InChI is InChI=1S/C18H19N5O2/c1-2-4-14(5-3-1)23-13-21-15-16(19-12-20-17(15)23)22-8-6-18(7-9-22)24-10-11-25-18/h1-5,12-13H,6-11H2. The number of rotatable bonds is 2. The molecule has 2 fully saturated rings. The first-order chi connectivity index (χ1) is 12.3. The van der Waals surface area contributed by atoms with Crippen LogP contribution in [-0.2, 0) is 9.47 Å². The number of fused-ring (bicyclic) bond motifs is 1. The highest BCUT2D eigenvalue weighted by Gasteiger charge is 2.40. The zero-order valence-electron chi connectivity index (χ0n) is 13.8. The molecule has 7 nitrogen and oxygen atoms in total. The normalized spacial score (nSPS) is 19.8.